The summed E-state index contributed by atoms with van der Waals surface area (Å²) in [6.07, 6.45) is 0.576. The molecule has 19 heavy (non-hydrogen) atoms. The van der Waals surface area contributed by atoms with E-state index in [1.165, 1.54) is 7.11 Å². The van der Waals surface area contributed by atoms with Gasteiger partial charge in [0, 0.05) is 13.7 Å². The molecule has 1 unspecified atom stereocenters. The second-order valence-corrected chi connectivity index (χ2v) is 4.90. The smallest absolute Gasteiger partial charge is 0.325 e. The van der Waals surface area contributed by atoms with Crippen molar-refractivity contribution in [2.24, 2.45) is 5.92 Å². The van der Waals surface area contributed by atoms with E-state index in [4.69, 9.17) is 4.74 Å². The molecule has 4 amide bonds. The summed E-state index contributed by atoms with van der Waals surface area (Å²) in [4.78, 5) is 36.1. The molecule has 2 N–H and O–H groups in total. The van der Waals surface area contributed by atoms with E-state index in [-0.39, 0.29) is 18.4 Å². The third-order valence-corrected chi connectivity index (χ3v) is 2.74. The maximum absolute atomic E-state index is 12.0. The first-order chi connectivity index (χ1) is 8.95. The molecule has 0 spiro atoms. The third kappa shape index (κ3) is 4.51. The Morgan fingerprint density at radius 2 is 2.16 bits per heavy atom. The molecule has 0 radical (unpaired) electrons. The topological polar surface area (TPSA) is 87.7 Å². The van der Waals surface area contributed by atoms with Gasteiger partial charge in [-0.25, -0.2) is 4.79 Å². The lowest BCUT2D eigenvalue weighted by molar-refractivity contribution is -0.132. The fraction of sp³-hybridized carbons (Fsp3) is 0.750. The molecule has 1 atom stereocenters. The second-order valence-electron chi connectivity index (χ2n) is 4.90. The number of hydrogen-bond donors (Lipinski definition) is 2. The van der Waals surface area contributed by atoms with Gasteiger partial charge in [0.2, 0.25) is 5.91 Å². The zero-order valence-electron chi connectivity index (χ0n) is 11.6. The number of ether oxygens (including phenoxy) is 1. The van der Waals surface area contributed by atoms with E-state index in [2.05, 4.69) is 10.6 Å². The molecule has 0 aromatic carbocycles. The van der Waals surface area contributed by atoms with Crippen LogP contribution in [0.15, 0.2) is 0 Å². The Morgan fingerprint density at radius 3 is 2.74 bits per heavy atom. The predicted octanol–water partition coefficient (Wildman–Crippen LogP) is -0.284. The van der Waals surface area contributed by atoms with Crippen LogP contribution in [0, 0.1) is 5.92 Å². The van der Waals surface area contributed by atoms with Crippen LogP contribution in [0.3, 0.4) is 0 Å². The summed E-state index contributed by atoms with van der Waals surface area (Å²) in [5.74, 6) is -0.406. The maximum atomic E-state index is 12.0. The number of nitrogens with zero attached hydrogens (tertiary/aromatic N) is 1. The number of imide groups is 1. The number of carbonyl (C=O) groups is 3. The average molecular weight is 271 g/mol. The molecule has 1 aliphatic heterocycles. The summed E-state index contributed by atoms with van der Waals surface area (Å²) in [6.45, 7) is 4.44. The quantitative estimate of drug-likeness (QED) is 0.492. The van der Waals surface area contributed by atoms with E-state index in [1.54, 1.807) is 0 Å². The molecule has 0 aromatic rings. The summed E-state index contributed by atoms with van der Waals surface area (Å²) < 4.78 is 4.79. The van der Waals surface area contributed by atoms with Crippen LogP contribution >= 0.6 is 0 Å². The van der Waals surface area contributed by atoms with Crippen LogP contribution in [0.4, 0.5) is 4.79 Å². The Kier molecular flexibility index (Phi) is 5.75. The summed E-state index contributed by atoms with van der Waals surface area (Å²) in [5.41, 5.74) is 0. The van der Waals surface area contributed by atoms with E-state index >= 15 is 0 Å². The Bertz CT molecular complexity index is 357. The lowest BCUT2D eigenvalue weighted by Gasteiger charge is -2.13. The summed E-state index contributed by atoms with van der Waals surface area (Å²) in [7, 11) is 1.53. The van der Waals surface area contributed by atoms with E-state index in [0.717, 1.165) is 4.90 Å². The van der Waals surface area contributed by atoms with Crippen molar-refractivity contribution >= 4 is 17.8 Å². The molecule has 1 rings (SSSR count). The van der Waals surface area contributed by atoms with Gasteiger partial charge in [0.15, 0.2) is 0 Å². The van der Waals surface area contributed by atoms with Gasteiger partial charge in [-0.3, -0.25) is 14.5 Å². The van der Waals surface area contributed by atoms with Crippen LogP contribution in [-0.4, -0.2) is 55.6 Å². The van der Waals surface area contributed by atoms with Crippen molar-refractivity contribution in [3.8, 4) is 0 Å². The fourth-order valence-corrected chi connectivity index (χ4v) is 1.85. The van der Waals surface area contributed by atoms with Gasteiger partial charge in [0.1, 0.15) is 12.6 Å². The van der Waals surface area contributed by atoms with E-state index < -0.39 is 12.1 Å². The fourth-order valence-electron chi connectivity index (χ4n) is 1.85. The van der Waals surface area contributed by atoms with Gasteiger partial charge in [0.25, 0.3) is 5.91 Å². The normalized spacial score (nSPS) is 18.9. The first kappa shape index (κ1) is 15.4. The minimum absolute atomic E-state index is 0.247. The molecule has 1 fully saturated rings. The first-order valence-electron chi connectivity index (χ1n) is 6.33. The molecule has 0 aromatic heterocycles. The van der Waals surface area contributed by atoms with Gasteiger partial charge in [-0.05, 0) is 12.3 Å². The molecule has 1 saturated heterocycles. The monoisotopic (exact) mass is 271 g/mol. The van der Waals surface area contributed by atoms with Crippen LogP contribution in [0.25, 0.3) is 0 Å². The molecular weight excluding hydrogens is 250 g/mol. The summed E-state index contributed by atoms with van der Waals surface area (Å²) in [6, 6.07) is -1.02. The lowest BCUT2D eigenvalue weighted by Crippen LogP contribution is -2.42. The second kappa shape index (κ2) is 7.08. The van der Waals surface area contributed by atoms with E-state index in [1.807, 2.05) is 13.8 Å². The van der Waals surface area contributed by atoms with Crippen molar-refractivity contribution in [1.29, 1.82) is 0 Å². The summed E-state index contributed by atoms with van der Waals surface area (Å²) in [5, 5.41) is 5.16. The minimum Gasteiger partial charge on any atom is -0.383 e. The van der Waals surface area contributed by atoms with Crippen LogP contribution in [-0.2, 0) is 14.3 Å². The zero-order valence-corrected chi connectivity index (χ0v) is 11.6. The molecule has 1 heterocycles. The highest BCUT2D eigenvalue weighted by atomic mass is 16.5. The molecule has 108 valence electrons. The van der Waals surface area contributed by atoms with Crippen molar-refractivity contribution in [2.75, 3.05) is 26.8 Å². The molecule has 7 nitrogen and oxygen atoms in total. The summed E-state index contributed by atoms with van der Waals surface area (Å²) >= 11 is 0. The van der Waals surface area contributed by atoms with Crippen molar-refractivity contribution in [3.63, 3.8) is 0 Å². The molecule has 0 aliphatic carbocycles. The predicted molar refractivity (Wildman–Crippen MR) is 68.4 cm³/mol. The highest BCUT2D eigenvalue weighted by Crippen LogP contribution is 2.13. The number of methoxy groups -OCH3 is 1. The van der Waals surface area contributed by atoms with Crippen molar-refractivity contribution in [2.45, 2.75) is 26.3 Å². The Balaban J connectivity index is 2.47. The molecule has 0 bridgehead atoms. The average Bonchev–Trinajstić information content (AvgIpc) is 2.56. The standard InChI is InChI=1S/C12H21N3O4/c1-8(2)6-9-11(17)15(12(18)14-9)7-10(16)13-4-5-19-3/h8-9H,4-7H2,1-3H3,(H,13,16)(H,14,18). The van der Waals surface area contributed by atoms with E-state index in [0.29, 0.717) is 25.5 Å². The van der Waals surface area contributed by atoms with Crippen LogP contribution in [0.2, 0.25) is 0 Å². The Morgan fingerprint density at radius 1 is 1.47 bits per heavy atom. The number of rotatable bonds is 7. The van der Waals surface area contributed by atoms with Gasteiger partial charge in [0.05, 0.1) is 6.61 Å². The van der Waals surface area contributed by atoms with E-state index in [9.17, 15) is 14.4 Å². The highest BCUT2D eigenvalue weighted by Gasteiger charge is 2.38. The van der Waals surface area contributed by atoms with Crippen molar-refractivity contribution in [3.05, 3.63) is 0 Å². The molecule has 7 heteroatoms. The number of nitrogens with one attached hydrogen (secondary N) is 2. The minimum atomic E-state index is -0.515. The first-order valence-corrected chi connectivity index (χ1v) is 6.33. The molecule has 1 aliphatic rings. The van der Waals surface area contributed by atoms with Crippen LogP contribution in [0.1, 0.15) is 20.3 Å². The Hall–Kier alpha value is -1.63. The number of carbonyl (C=O) groups excluding carboxylic acids is 3. The number of amides is 4. The van der Waals surface area contributed by atoms with Gasteiger partial charge in [-0.15, -0.1) is 0 Å². The van der Waals surface area contributed by atoms with Crippen molar-refractivity contribution < 1.29 is 19.1 Å². The van der Waals surface area contributed by atoms with Crippen LogP contribution < -0.4 is 10.6 Å². The maximum Gasteiger partial charge on any atom is 0.325 e. The van der Waals surface area contributed by atoms with Crippen molar-refractivity contribution in [1.82, 2.24) is 15.5 Å². The number of hydrogen-bond acceptors (Lipinski definition) is 4. The SMILES string of the molecule is COCCNC(=O)CN1C(=O)NC(CC(C)C)C1=O. The highest BCUT2D eigenvalue weighted by molar-refractivity contribution is 6.06. The zero-order chi connectivity index (χ0) is 14.4. The largest absolute Gasteiger partial charge is 0.383 e. The van der Waals surface area contributed by atoms with Gasteiger partial charge >= 0.3 is 6.03 Å². The molecule has 0 saturated carbocycles. The Labute approximate surface area is 112 Å². The molecular formula is C12H21N3O4. The van der Waals surface area contributed by atoms with Gasteiger partial charge in [-0.2, -0.15) is 0 Å². The van der Waals surface area contributed by atoms with Gasteiger partial charge in [-0.1, -0.05) is 13.8 Å². The number of urea groups is 1. The van der Waals surface area contributed by atoms with Crippen LogP contribution in [0.5, 0.6) is 0 Å². The third-order valence-electron chi connectivity index (χ3n) is 2.74. The van der Waals surface area contributed by atoms with Gasteiger partial charge < -0.3 is 15.4 Å². The lowest BCUT2D eigenvalue weighted by atomic mass is 10.0.